The van der Waals surface area contributed by atoms with Crippen LogP contribution in [0.25, 0.3) is 10.8 Å². The number of nitrogens with one attached hydrogen (secondary N) is 1. The first kappa shape index (κ1) is 11.1. The van der Waals surface area contributed by atoms with Gasteiger partial charge in [-0.15, -0.1) is 0 Å². The average molecular weight is 229 g/mol. The molecule has 0 saturated carbocycles. The number of carbonyl (C=O) groups excluding carboxylic acids is 1. The fraction of sp³-hybridized carbons (Fsp3) is 0.0769. The first-order valence-corrected chi connectivity index (χ1v) is 5.15. The number of aliphatic carboxylic acids is 1. The van der Waals surface area contributed by atoms with Gasteiger partial charge in [0, 0.05) is 6.54 Å². The lowest BCUT2D eigenvalue weighted by molar-refractivity contribution is -0.150. The molecular formula is C13H11NO3. The molecule has 1 amide bonds. The van der Waals surface area contributed by atoms with E-state index in [1.807, 2.05) is 42.5 Å². The fourth-order valence-electron chi connectivity index (χ4n) is 1.61. The molecule has 2 aromatic carbocycles. The number of carboxylic acid groups (broad SMARTS) is 1. The van der Waals surface area contributed by atoms with Crippen LogP contribution in [0.15, 0.2) is 42.5 Å². The van der Waals surface area contributed by atoms with Crippen molar-refractivity contribution in [3.05, 3.63) is 48.0 Å². The van der Waals surface area contributed by atoms with Gasteiger partial charge < -0.3 is 10.4 Å². The summed E-state index contributed by atoms with van der Waals surface area (Å²) in [4.78, 5) is 21.2. The molecule has 0 fully saturated rings. The lowest BCUT2D eigenvalue weighted by Crippen LogP contribution is -2.29. The van der Waals surface area contributed by atoms with Crippen LogP contribution in [-0.4, -0.2) is 17.0 Å². The highest BCUT2D eigenvalue weighted by Gasteiger charge is 2.09. The Labute approximate surface area is 97.9 Å². The quantitative estimate of drug-likeness (QED) is 0.767. The van der Waals surface area contributed by atoms with Crippen LogP contribution >= 0.6 is 0 Å². The monoisotopic (exact) mass is 229 g/mol. The Balaban J connectivity index is 2.14. The van der Waals surface area contributed by atoms with Crippen LogP contribution < -0.4 is 5.32 Å². The van der Waals surface area contributed by atoms with Crippen LogP contribution in [-0.2, 0) is 16.1 Å². The number of amides is 1. The lowest BCUT2D eigenvalue weighted by atomic mass is 10.1. The van der Waals surface area contributed by atoms with E-state index >= 15 is 0 Å². The third kappa shape index (κ3) is 2.60. The Kier molecular flexibility index (Phi) is 3.05. The van der Waals surface area contributed by atoms with E-state index in [1.54, 1.807) is 0 Å². The summed E-state index contributed by atoms with van der Waals surface area (Å²) in [6, 6.07) is 13.6. The summed E-state index contributed by atoms with van der Waals surface area (Å²) in [6.07, 6.45) is 0. The molecule has 2 N–H and O–H groups in total. The predicted octanol–water partition coefficient (Wildman–Crippen LogP) is 1.54. The molecule has 2 rings (SSSR count). The maximum absolute atomic E-state index is 10.9. The number of carboxylic acids is 1. The first-order valence-electron chi connectivity index (χ1n) is 5.15. The molecule has 17 heavy (non-hydrogen) atoms. The van der Waals surface area contributed by atoms with Gasteiger partial charge in [0.2, 0.25) is 0 Å². The lowest BCUT2D eigenvalue weighted by Gasteiger charge is -2.04. The number of benzene rings is 2. The fourth-order valence-corrected chi connectivity index (χ4v) is 1.61. The van der Waals surface area contributed by atoms with E-state index in [2.05, 4.69) is 5.32 Å². The van der Waals surface area contributed by atoms with Crippen LogP contribution in [0.3, 0.4) is 0 Å². The molecule has 2 aromatic rings. The van der Waals surface area contributed by atoms with Gasteiger partial charge in [0.05, 0.1) is 0 Å². The molecule has 0 aliphatic rings. The normalized spacial score (nSPS) is 10.1. The summed E-state index contributed by atoms with van der Waals surface area (Å²) < 4.78 is 0. The van der Waals surface area contributed by atoms with Crippen molar-refractivity contribution in [2.75, 3.05) is 0 Å². The highest BCUT2D eigenvalue weighted by atomic mass is 16.4. The maximum atomic E-state index is 10.9. The van der Waals surface area contributed by atoms with E-state index in [0.717, 1.165) is 16.3 Å². The molecule has 0 atom stereocenters. The van der Waals surface area contributed by atoms with Crippen LogP contribution in [0.5, 0.6) is 0 Å². The molecule has 4 nitrogen and oxygen atoms in total. The van der Waals surface area contributed by atoms with Crippen molar-refractivity contribution < 1.29 is 14.7 Å². The molecule has 0 saturated heterocycles. The van der Waals surface area contributed by atoms with Gasteiger partial charge in [-0.3, -0.25) is 4.79 Å². The van der Waals surface area contributed by atoms with Gasteiger partial charge >= 0.3 is 11.9 Å². The van der Waals surface area contributed by atoms with E-state index in [9.17, 15) is 9.59 Å². The van der Waals surface area contributed by atoms with E-state index in [4.69, 9.17) is 5.11 Å². The van der Waals surface area contributed by atoms with Crippen molar-refractivity contribution >= 4 is 22.6 Å². The van der Waals surface area contributed by atoms with E-state index in [0.29, 0.717) is 0 Å². The van der Waals surface area contributed by atoms with Gasteiger partial charge in [-0.05, 0) is 22.4 Å². The van der Waals surface area contributed by atoms with Gasteiger partial charge in [0.15, 0.2) is 0 Å². The smallest absolute Gasteiger partial charge is 0.394 e. The van der Waals surface area contributed by atoms with Gasteiger partial charge in [-0.1, -0.05) is 36.4 Å². The summed E-state index contributed by atoms with van der Waals surface area (Å²) in [5, 5.41) is 12.9. The van der Waals surface area contributed by atoms with Crippen LogP contribution in [0.4, 0.5) is 0 Å². The summed E-state index contributed by atoms with van der Waals surface area (Å²) in [7, 11) is 0. The zero-order valence-corrected chi connectivity index (χ0v) is 9.01. The van der Waals surface area contributed by atoms with Gasteiger partial charge in [-0.2, -0.15) is 0 Å². The molecule has 0 aliphatic heterocycles. The summed E-state index contributed by atoms with van der Waals surface area (Å²) in [5.41, 5.74) is 0.873. The molecular weight excluding hydrogens is 218 g/mol. The van der Waals surface area contributed by atoms with Crippen LogP contribution in [0.1, 0.15) is 5.56 Å². The minimum Gasteiger partial charge on any atom is -0.474 e. The van der Waals surface area contributed by atoms with Crippen molar-refractivity contribution in [3.8, 4) is 0 Å². The number of hydrogen-bond acceptors (Lipinski definition) is 2. The highest BCUT2D eigenvalue weighted by Crippen LogP contribution is 2.15. The van der Waals surface area contributed by atoms with Gasteiger partial charge in [0.25, 0.3) is 0 Å². The van der Waals surface area contributed by atoms with Crippen molar-refractivity contribution in [3.63, 3.8) is 0 Å². The summed E-state index contributed by atoms with van der Waals surface area (Å²) in [5.74, 6) is -2.45. The second kappa shape index (κ2) is 4.65. The van der Waals surface area contributed by atoms with Crippen LogP contribution in [0, 0.1) is 0 Å². The first-order chi connectivity index (χ1) is 8.16. The number of hydrogen-bond donors (Lipinski definition) is 2. The van der Waals surface area contributed by atoms with Crippen molar-refractivity contribution in [2.45, 2.75) is 6.54 Å². The van der Waals surface area contributed by atoms with E-state index < -0.39 is 11.9 Å². The van der Waals surface area contributed by atoms with E-state index in [-0.39, 0.29) is 6.54 Å². The van der Waals surface area contributed by atoms with Crippen molar-refractivity contribution in [1.29, 1.82) is 0 Å². The Morgan fingerprint density at radius 1 is 1.06 bits per heavy atom. The SMILES string of the molecule is O=C(O)C(=O)NCc1ccc2ccccc2c1. The topological polar surface area (TPSA) is 66.4 Å². The molecule has 4 heteroatoms. The largest absolute Gasteiger partial charge is 0.474 e. The highest BCUT2D eigenvalue weighted by molar-refractivity contribution is 6.31. The van der Waals surface area contributed by atoms with Crippen molar-refractivity contribution in [2.24, 2.45) is 0 Å². The predicted molar refractivity (Wildman–Crippen MR) is 63.4 cm³/mol. The number of carbonyl (C=O) groups is 2. The molecule has 0 aromatic heterocycles. The molecule has 86 valence electrons. The minimum atomic E-state index is -1.47. The second-order valence-corrected chi connectivity index (χ2v) is 3.67. The van der Waals surface area contributed by atoms with E-state index in [1.165, 1.54) is 0 Å². The Morgan fingerprint density at radius 3 is 2.47 bits per heavy atom. The zero-order chi connectivity index (χ0) is 12.3. The summed E-state index contributed by atoms with van der Waals surface area (Å²) >= 11 is 0. The Morgan fingerprint density at radius 2 is 1.76 bits per heavy atom. The second-order valence-electron chi connectivity index (χ2n) is 3.67. The van der Waals surface area contributed by atoms with Crippen molar-refractivity contribution in [1.82, 2.24) is 5.32 Å². The Bertz CT molecular complexity index is 578. The molecule has 0 heterocycles. The molecule has 0 spiro atoms. The van der Waals surface area contributed by atoms with Gasteiger partial charge in [0.1, 0.15) is 0 Å². The number of rotatable bonds is 2. The minimum absolute atomic E-state index is 0.218. The Hall–Kier alpha value is -2.36. The number of fused-ring (bicyclic) bond motifs is 1. The van der Waals surface area contributed by atoms with Gasteiger partial charge in [-0.25, -0.2) is 4.79 Å². The van der Waals surface area contributed by atoms with Crippen LogP contribution in [0.2, 0.25) is 0 Å². The maximum Gasteiger partial charge on any atom is 0.394 e. The third-order valence-electron chi connectivity index (χ3n) is 2.46. The molecule has 0 radical (unpaired) electrons. The molecule has 0 bridgehead atoms. The average Bonchev–Trinajstić information content (AvgIpc) is 2.35. The summed E-state index contributed by atoms with van der Waals surface area (Å²) in [6.45, 7) is 0.218. The molecule has 0 unspecified atom stereocenters. The zero-order valence-electron chi connectivity index (χ0n) is 9.01. The standard InChI is InChI=1S/C13H11NO3/c15-12(13(16)17)14-8-9-5-6-10-3-1-2-4-11(10)7-9/h1-7H,8H2,(H,14,15)(H,16,17). The molecule has 0 aliphatic carbocycles. The third-order valence-corrected chi connectivity index (χ3v) is 2.46.